The lowest BCUT2D eigenvalue weighted by atomic mass is 9.77. The summed E-state index contributed by atoms with van der Waals surface area (Å²) in [5.74, 6) is 0.511. The summed E-state index contributed by atoms with van der Waals surface area (Å²) in [6.45, 7) is 15.5. The number of rotatable bonds is 9. The lowest BCUT2D eigenvalue weighted by Gasteiger charge is -2.27. The molecular weight excluding hydrogens is 491 g/mol. The first kappa shape index (κ1) is 29.5. The van der Waals surface area contributed by atoms with Crippen molar-refractivity contribution in [1.82, 2.24) is 0 Å². The molecule has 0 saturated heterocycles. The summed E-state index contributed by atoms with van der Waals surface area (Å²) in [5.41, 5.74) is 4.26. The van der Waals surface area contributed by atoms with Crippen LogP contribution in [0.2, 0.25) is 0 Å². The number of hydrogen-bond acceptors (Lipinski definition) is 7. The predicted molar refractivity (Wildman–Crippen MR) is 146 cm³/mol. The number of carbonyl (C=O) groups excluding carboxylic acids is 1. The van der Waals surface area contributed by atoms with Gasteiger partial charge in [0.15, 0.2) is 0 Å². The third-order valence-electron chi connectivity index (χ3n) is 6.94. The molecule has 1 aliphatic heterocycles. The van der Waals surface area contributed by atoms with Gasteiger partial charge in [-0.3, -0.25) is 4.79 Å². The van der Waals surface area contributed by atoms with Crippen LogP contribution in [0.4, 0.5) is 0 Å². The third kappa shape index (κ3) is 6.18. The molecule has 2 aromatic carbocycles. The van der Waals surface area contributed by atoms with E-state index in [1.807, 2.05) is 26.0 Å². The van der Waals surface area contributed by atoms with Crippen molar-refractivity contribution >= 4 is 15.0 Å². The van der Waals surface area contributed by atoms with Gasteiger partial charge in [-0.05, 0) is 46.9 Å². The number of carbonyl (C=O) groups is 1. The summed E-state index contributed by atoms with van der Waals surface area (Å²) < 4.78 is 17.3. The van der Waals surface area contributed by atoms with Crippen LogP contribution in [0.3, 0.4) is 0 Å². The zero-order valence-corrected chi connectivity index (χ0v) is 24.2. The van der Waals surface area contributed by atoms with E-state index in [0.717, 1.165) is 33.4 Å². The van der Waals surface area contributed by atoms with E-state index >= 15 is 0 Å². The molecule has 204 valence electrons. The van der Waals surface area contributed by atoms with Crippen LogP contribution in [0.15, 0.2) is 24.3 Å². The van der Waals surface area contributed by atoms with Crippen LogP contribution >= 0.6 is 9.03 Å². The zero-order chi connectivity index (χ0) is 27.8. The van der Waals surface area contributed by atoms with Crippen molar-refractivity contribution < 1.29 is 33.9 Å². The van der Waals surface area contributed by atoms with Crippen LogP contribution in [0.5, 0.6) is 11.5 Å². The van der Waals surface area contributed by atoms with Crippen LogP contribution in [0, 0.1) is 19.3 Å². The molecule has 3 rings (SSSR count). The van der Waals surface area contributed by atoms with Gasteiger partial charge in [0, 0.05) is 11.1 Å². The Morgan fingerprint density at radius 3 is 1.95 bits per heavy atom. The second kappa shape index (κ2) is 11.0. The Morgan fingerprint density at radius 1 is 0.892 bits per heavy atom. The highest BCUT2D eigenvalue weighted by molar-refractivity contribution is 7.26. The molecule has 1 heterocycles. The van der Waals surface area contributed by atoms with Crippen LogP contribution in [0.25, 0.3) is 0 Å². The van der Waals surface area contributed by atoms with E-state index in [9.17, 15) is 20.1 Å². The van der Waals surface area contributed by atoms with Crippen LogP contribution in [-0.2, 0) is 20.1 Å². The predicted octanol–water partition coefficient (Wildman–Crippen LogP) is 4.82. The zero-order valence-electron chi connectivity index (χ0n) is 23.2. The fourth-order valence-corrected chi connectivity index (χ4v) is 5.25. The molecule has 2 aromatic rings. The van der Waals surface area contributed by atoms with Crippen molar-refractivity contribution in [3.05, 3.63) is 57.6 Å². The first-order valence-electron chi connectivity index (χ1n) is 12.6. The minimum atomic E-state index is -1.11. The van der Waals surface area contributed by atoms with Gasteiger partial charge in [-0.1, -0.05) is 65.8 Å². The minimum absolute atomic E-state index is 0.0396. The fraction of sp³-hybridized carbons (Fsp3) is 0.552. The van der Waals surface area contributed by atoms with Gasteiger partial charge in [0.2, 0.25) is 9.03 Å². The molecule has 0 spiro atoms. The second-order valence-corrected chi connectivity index (χ2v) is 12.9. The van der Waals surface area contributed by atoms with Gasteiger partial charge in [-0.2, -0.15) is 0 Å². The summed E-state index contributed by atoms with van der Waals surface area (Å²) in [7, 11) is -0.387. The first-order chi connectivity index (χ1) is 17.2. The molecule has 0 bridgehead atoms. The molecule has 2 unspecified atom stereocenters. The molecule has 0 aromatic heterocycles. The number of esters is 1. The molecule has 0 radical (unpaired) electrons. The highest BCUT2D eigenvalue weighted by atomic mass is 31.1. The molecule has 8 heteroatoms. The van der Waals surface area contributed by atoms with Crippen LogP contribution < -0.4 is 9.26 Å². The monoisotopic (exact) mass is 532 g/mol. The Balaban J connectivity index is 1.92. The molecule has 7 nitrogen and oxygen atoms in total. The van der Waals surface area contributed by atoms with Crippen molar-refractivity contribution in [3.63, 3.8) is 0 Å². The molecule has 0 fully saturated rings. The average molecular weight is 533 g/mol. The van der Waals surface area contributed by atoms with Gasteiger partial charge in [-0.15, -0.1) is 0 Å². The Kier molecular flexibility index (Phi) is 8.78. The molecule has 37 heavy (non-hydrogen) atoms. The van der Waals surface area contributed by atoms with E-state index in [1.165, 1.54) is 0 Å². The lowest BCUT2D eigenvalue weighted by molar-refractivity contribution is -0.133. The highest BCUT2D eigenvalue weighted by Crippen LogP contribution is 2.48. The molecule has 1 aliphatic rings. The molecular formula is C29H41O7P. The third-order valence-corrected chi connectivity index (χ3v) is 7.49. The maximum absolute atomic E-state index is 13.2. The standard InChI is InChI=1S/C29H41O7P/c1-17-9-19(10-18(2)24(17)36-37-34-16-29(13-30,14-31)15-32)23-21-11-20(27(3,4)5)12-22(28(6,7)8)25(21)35-26(23)33/h9-12,23,30-32,37H,13-16H2,1-8H3. The van der Waals surface area contributed by atoms with Crippen molar-refractivity contribution in [2.45, 2.75) is 72.1 Å². The first-order valence-corrected chi connectivity index (χ1v) is 13.4. The molecule has 0 aliphatic carbocycles. The summed E-state index contributed by atoms with van der Waals surface area (Å²) >= 11 is 0. The molecule has 0 saturated carbocycles. The van der Waals surface area contributed by atoms with Gasteiger partial charge in [-0.25, -0.2) is 0 Å². The highest BCUT2D eigenvalue weighted by Gasteiger charge is 2.40. The van der Waals surface area contributed by atoms with Crippen molar-refractivity contribution in [1.29, 1.82) is 0 Å². The van der Waals surface area contributed by atoms with E-state index < -0.39 is 31.2 Å². The number of ether oxygens (including phenoxy) is 1. The van der Waals surface area contributed by atoms with E-state index in [1.54, 1.807) is 0 Å². The van der Waals surface area contributed by atoms with Crippen LogP contribution in [0.1, 0.15) is 80.8 Å². The fourth-order valence-electron chi connectivity index (χ4n) is 4.42. The number of fused-ring (bicyclic) bond motifs is 1. The lowest BCUT2D eigenvalue weighted by Crippen LogP contribution is -2.38. The van der Waals surface area contributed by atoms with Crippen molar-refractivity contribution in [3.8, 4) is 11.5 Å². The topological polar surface area (TPSA) is 105 Å². The number of hydrogen-bond donors (Lipinski definition) is 3. The molecule has 2 atom stereocenters. The van der Waals surface area contributed by atoms with Gasteiger partial charge in [0.05, 0.1) is 31.8 Å². The smallest absolute Gasteiger partial charge is 0.323 e. The SMILES string of the molecule is Cc1cc(C2C(=O)Oc3c2cc(C(C)(C)C)cc3C(C)(C)C)cc(C)c1OPOCC(CO)(CO)CO. The quantitative estimate of drug-likeness (QED) is 0.184. The maximum Gasteiger partial charge on any atom is 0.323 e. The molecule has 3 N–H and O–H groups in total. The average Bonchev–Trinajstić information content (AvgIpc) is 3.14. The van der Waals surface area contributed by atoms with Gasteiger partial charge in [0.1, 0.15) is 17.4 Å². The normalized spacial score (nSPS) is 16.4. The number of aliphatic hydroxyl groups is 3. The van der Waals surface area contributed by atoms with Gasteiger partial charge >= 0.3 is 5.97 Å². The van der Waals surface area contributed by atoms with E-state index in [2.05, 4.69) is 53.7 Å². The Labute approximate surface area is 222 Å². The van der Waals surface area contributed by atoms with E-state index in [0.29, 0.717) is 11.5 Å². The molecule has 0 amide bonds. The van der Waals surface area contributed by atoms with Gasteiger partial charge in [0.25, 0.3) is 0 Å². The second-order valence-electron chi connectivity index (χ2n) is 12.2. The van der Waals surface area contributed by atoms with Crippen LogP contribution in [-0.4, -0.2) is 47.7 Å². The largest absolute Gasteiger partial charge is 0.449 e. The minimum Gasteiger partial charge on any atom is -0.449 e. The Bertz CT molecular complexity index is 1110. The van der Waals surface area contributed by atoms with Crippen molar-refractivity contribution in [2.75, 3.05) is 26.4 Å². The van der Waals surface area contributed by atoms with Gasteiger partial charge < -0.3 is 29.1 Å². The Hall–Kier alpha value is -2.02. The van der Waals surface area contributed by atoms with Crippen molar-refractivity contribution in [2.24, 2.45) is 5.41 Å². The number of aliphatic hydroxyl groups excluding tert-OH is 3. The summed E-state index contributed by atoms with van der Waals surface area (Å²) in [4.78, 5) is 13.2. The van der Waals surface area contributed by atoms with E-state index in [4.69, 9.17) is 13.8 Å². The Morgan fingerprint density at radius 2 is 1.46 bits per heavy atom. The number of benzene rings is 2. The number of aryl methyl sites for hydroxylation is 2. The summed E-state index contributed by atoms with van der Waals surface area (Å²) in [6.07, 6.45) is 0. The van der Waals surface area contributed by atoms with E-state index in [-0.39, 0.29) is 32.4 Å². The summed E-state index contributed by atoms with van der Waals surface area (Å²) in [6, 6.07) is 8.18. The maximum atomic E-state index is 13.2. The summed E-state index contributed by atoms with van der Waals surface area (Å²) in [5, 5.41) is 28.4.